The molecule has 8 nitrogen and oxygen atoms in total. The molecule has 0 aliphatic heterocycles. The maximum Gasteiger partial charge on any atom is 0.303 e. The highest BCUT2D eigenvalue weighted by molar-refractivity contribution is 5.66. The minimum atomic E-state index is -0.729. The number of carbonyl (C=O) groups is 1. The molecular weight excluding hydrogens is 360 g/mol. The van der Waals surface area contributed by atoms with E-state index in [1.165, 1.54) is 0 Å². The highest BCUT2D eigenvalue weighted by Crippen LogP contribution is 2.25. The first kappa shape index (κ1) is 23.3. The quantitative estimate of drug-likeness (QED) is 0.370. The summed E-state index contributed by atoms with van der Waals surface area (Å²) in [7, 11) is 0. The molecule has 0 aliphatic rings. The van der Waals surface area contributed by atoms with Crippen LogP contribution < -0.4 is 15.5 Å². The van der Waals surface area contributed by atoms with E-state index in [-0.39, 0.29) is 6.42 Å². The summed E-state index contributed by atoms with van der Waals surface area (Å²) in [5, 5.41) is 15.2. The Morgan fingerprint density at radius 1 is 1.07 bits per heavy atom. The van der Waals surface area contributed by atoms with Gasteiger partial charge >= 0.3 is 5.97 Å². The lowest BCUT2D eigenvalue weighted by Crippen LogP contribution is -2.20. The molecule has 28 heavy (non-hydrogen) atoms. The van der Waals surface area contributed by atoms with Crippen molar-refractivity contribution in [2.75, 3.05) is 18.1 Å². The van der Waals surface area contributed by atoms with Crippen LogP contribution in [0.2, 0.25) is 0 Å². The Labute approximate surface area is 166 Å². The fourth-order valence-corrected chi connectivity index (χ4v) is 2.62. The van der Waals surface area contributed by atoms with E-state index in [4.69, 9.17) is 15.1 Å². The van der Waals surface area contributed by atoms with Crippen molar-refractivity contribution < 1.29 is 19.8 Å². The number of nitrogens with zero attached hydrogens (tertiary/aromatic N) is 3. The molecule has 0 spiro atoms. The van der Waals surface area contributed by atoms with Crippen LogP contribution in [0.4, 0.5) is 11.6 Å². The Hall–Kier alpha value is -2.71. The van der Waals surface area contributed by atoms with Gasteiger partial charge in [0.2, 0.25) is 0 Å². The number of aliphatic carboxylic acids is 1. The van der Waals surface area contributed by atoms with Gasteiger partial charge in [-0.3, -0.25) is 4.79 Å². The summed E-state index contributed by atoms with van der Waals surface area (Å²) >= 11 is 0. The molecular formula is C20H30N4O4. The van der Waals surface area contributed by atoms with Crippen LogP contribution in [-0.4, -0.2) is 39.4 Å². The molecule has 2 heterocycles. The van der Waals surface area contributed by atoms with Gasteiger partial charge in [0.1, 0.15) is 17.4 Å². The number of rotatable bonds is 12. The fourth-order valence-electron chi connectivity index (χ4n) is 2.62. The van der Waals surface area contributed by atoms with Gasteiger partial charge in [-0.2, -0.15) is 0 Å². The topological polar surface area (TPSA) is 122 Å². The lowest BCUT2D eigenvalue weighted by molar-refractivity contribution is -0.137. The van der Waals surface area contributed by atoms with Crippen molar-refractivity contribution >= 4 is 17.6 Å². The van der Waals surface area contributed by atoms with Crippen LogP contribution in [-0.2, 0) is 4.79 Å². The van der Waals surface area contributed by atoms with Gasteiger partial charge in [-0.15, -0.1) is 0 Å². The third kappa shape index (κ3) is 8.79. The first-order valence-electron chi connectivity index (χ1n) is 9.45. The number of pyridine rings is 2. The number of nitrogens with two attached hydrogens (primary N) is 1. The number of ether oxygens (including phenoxy) is 1. The number of unbranched alkanes of at least 4 members (excludes halogenated alkanes) is 3. The predicted molar refractivity (Wildman–Crippen MR) is 108 cm³/mol. The van der Waals surface area contributed by atoms with Crippen molar-refractivity contribution in [3.8, 4) is 5.75 Å². The van der Waals surface area contributed by atoms with Crippen LogP contribution in [0, 0.1) is 0 Å². The summed E-state index contributed by atoms with van der Waals surface area (Å²) in [6.45, 7) is 3.53. The molecule has 0 aliphatic carbocycles. The zero-order valence-electron chi connectivity index (χ0n) is 16.3. The molecule has 0 atom stereocenters. The average molecular weight is 390 g/mol. The van der Waals surface area contributed by atoms with E-state index in [2.05, 4.69) is 27.7 Å². The Bertz CT molecular complexity index is 670. The zero-order chi connectivity index (χ0) is 20.6. The summed E-state index contributed by atoms with van der Waals surface area (Å²) in [4.78, 5) is 21.6. The molecule has 0 amide bonds. The maximum absolute atomic E-state index is 10.6. The summed E-state index contributed by atoms with van der Waals surface area (Å²) in [5.41, 5.74) is 0. The Morgan fingerprint density at radius 2 is 1.82 bits per heavy atom. The standard InChI is InChI=1S/C20H27N3O3.H3NO/c1-2-15-26-17-11-13-22-19(16-17)23(18-9-6-7-12-21-18)14-8-4-3-5-10-20(24)25;1-2/h6-7,9,11-13,16H,2-5,8,10,14-15H2,1H3,(H,24,25);2H,1H2. The van der Waals surface area contributed by atoms with Gasteiger partial charge in [0.25, 0.3) is 0 Å². The van der Waals surface area contributed by atoms with Crippen molar-refractivity contribution in [2.24, 2.45) is 5.90 Å². The Balaban J connectivity index is 0.00000190. The van der Waals surface area contributed by atoms with Crippen molar-refractivity contribution in [1.82, 2.24) is 9.97 Å². The van der Waals surface area contributed by atoms with Crippen molar-refractivity contribution in [1.29, 1.82) is 0 Å². The molecule has 2 aromatic rings. The third-order valence-electron chi connectivity index (χ3n) is 3.91. The Morgan fingerprint density at radius 3 is 2.50 bits per heavy atom. The maximum atomic E-state index is 10.6. The molecule has 0 fully saturated rings. The third-order valence-corrected chi connectivity index (χ3v) is 3.91. The van der Waals surface area contributed by atoms with Gasteiger partial charge in [-0.05, 0) is 37.5 Å². The molecule has 2 rings (SSSR count). The molecule has 0 bridgehead atoms. The fraction of sp³-hybridized carbons (Fsp3) is 0.450. The van der Waals surface area contributed by atoms with Gasteiger partial charge in [0.05, 0.1) is 6.61 Å². The van der Waals surface area contributed by atoms with Crippen LogP contribution in [0.1, 0.15) is 45.4 Å². The lowest BCUT2D eigenvalue weighted by atomic mass is 10.1. The van der Waals surface area contributed by atoms with Crippen molar-refractivity contribution in [3.05, 3.63) is 42.7 Å². The number of carboxylic acids is 1. The molecule has 2 aromatic heterocycles. The number of aromatic nitrogens is 2. The number of carboxylic acid groups (broad SMARTS) is 1. The number of anilines is 2. The first-order chi connectivity index (χ1) is 13.7. The van der Waals surface area contributed by atoms with Crippen molar-refractivity contribution in [2.45, 2.75) is 45.4 Å². The second-order valence-electron chi connectivity index (χ2n) is 6.10. The lowest BCUT2D eigenvalue weighted by Gasteiger charge is -2.23. The summed E-state index contributed by atoms with van der Waals surface area (Å²) in [6.07, 6.45) is 8.27. The summed E-state index contributed by atoms with van der Waals surface area (Å²) in [6, 6.07) is 9.61. The predicted octanol–water partition coefficient (Wildman–Crippen LogP) is 3.77. The van der Waals surface area contributed by atoms with Gasteiger partial charge in [0, 0.05) is 31.4 Å². The summed E-state index contributed by atoms with van der Waals surface area (Å²) in [5.74, 6) is 5.23. The summed E-state index contributed by atoms with van der Waals surface area (Å²) < 4.78 is 5.72. The van der Waals surface area contributed by atoms with Gasteiger partial charge in [-0.25, -0.2) is 15.9 Å². The first-order valence-corrected chi connectivity index (χ1v) is 9.45. The van der Waals surface area contributed by atoms with Gasteiger partial charge in [0.15, 0.2) is 0 Å². The monoisotopic (exact) mass is 390 g/mol. The second kappa shape index (κ2) is 14.4. The van der Waals surface area contributed by atoms with Crippen molar-refractivity contribution in [3.63, 3.8) is 0 Å². The minimum absolute atomic E-state index is 0.238. The zero-order valence-corrected chi connectivity index (χ0v) is 16.3. The van der Waals surface area contributed by atoms with Crippen LogP contribution >= 0.6 is 0 Å². The minimum Gasteiger partial charge on any atom is -0.493 e. The largest absolute Gasteiger partial charge is 0.493 e. The van der Waals surface area contributed by atoms with E-state index in [1.807, 2.05) is 30.3 Å². The van der Waals surface area contributed by atoms with Gasteiger partial charge in [-0.1, -0.05) is 25.8 Å². The van der Waals surface area contributed by atoms with Gasteiger partial charge < -0.3 is 20.0 Å². The van der Waals surface area contributed by atoms with Crippen LogP contribution in [0.25, 0.3) is 0 Å². The van der Waals surface area contributed by atoms with E-state index >= 15 is 0 Å². The second-order valence-corrected chi connectivity index (χ2v) is 6.10. The highest BCUT2D eigenvalue weighted by Gasteiger charge is 2.12. The molecule has 0 saturated carbocycles. The van der Waals surface area contributed by atoms with E-state index < -0.39 is 5.97 Å². The molecule has 8 heteroatoms. The smallest absolute Gasteiger partial charge is 0.303 e. The van der Waals surface area contributed by atoms with E-state index in [0.717, 1.165) is 56.0 Å². The molecule has 154 valence electrons. The highest BCUT2D eigenvalue weighted by atomic mass is 16.5. The Kier molecular flexibility index (Phi) is 12.0. The van der Waals surface area contributed by atoms with Crippen LogP contribution in [0.5, 0.6) is 5.75 Å². The van der Waals surface area contributed by atoms with E-state index in [1.54, 1.807) is 12.4 Å². The molecule has 0 aromatic carbocycles. The van der Waals surface area contributed by atoms with E-state index in [9.17, 15) is 4.79 Å². The van der Waals surface area contributed by atoms with E-state index in [0.29, 0.717) is 6.61 Å². The van der Waals surface area contributed by atoms with Crippen LogP contribution in [0.15, 0.2) is 42.7 Å². The number of hydrogen-bond donors (Lipinski definition) is 3. The SMILES string of the molecule is CCCOc1ccnc(N(CCCCCCC(=O)O)c2ccccn2)c1.NO. The number of hydrogen-bond acceptors (Lipinski definition) is 7. The molecule has 0 unspecified atom stereocenters. The molecule has 0 saturated heterocycles. The normalized spacial score (nSPS) is 9.96. The molecule has 4 N–H and O–H groups in total. The molecule has 0 radical (unpaired) electrons. The average Bonchev–Trinajstić information content (AvgIpc) is 2.74. The van der Waals surface area contributed by atoms with Crippen LogP contribution in [0.3, 0.4) is 0 Å².